The first-order chi connectivity index (χ1) is 9.69. The number of aromatic nitrogens is 1. The van der Waals surface area contributed by atoms with Crippen molar-refractivity contribution >= 4 is 0 Å². The zero-order chi connectivity index (χ0) is 14.5. The predicted octanol–water partition coefficient (Wildman–Crippen LogP) is 2.70. The van der Waals surface area contributed by atoms with E-state index in [4.69, 9.17) is 10.00 Å². The fraction of sp³-hybridized carbons (Fsp3) is 0.312. The number of hydrogen-bond acceptors (Lipinski definition) is 3. The largest absolute Gasteiger partial charge is 0.495 e. The second-order valence-corrected chi connectivity index (χ2v) is 4.72. The van der Waals surface area contributed by atoms with Crippen molar-refractivity contribution in [1.29, 1.82) is 5.26 Å². The molecular formula is C16H19N3O. The molecule has 0 saturated heterocycles. The fourth-order valence-electron chi connectivity index (χ4n) is 2.24. The molecule has 0 amide bonds. The number of nitriles is 1. The van der Waals surface area contributed by atoms with Crippen molar-refractivity contribution in [2.24, 2.45) is 0 Å². The van der Waals surface area contributed by atoms with Crippen molar-refractivity contribution in [2.75, 3.05) is 14.2 Å². The van der Waals surface area contributed by atoms with Crippen LogP contribution in [0.25, 0.3) is 0 Å². The lowest BCUT2D eigenvalue weighted by atomic mass is 10.1. The van der Waals surface area contributed by atoms with Crippen LogP contribution in [0.1, 0.15) is 29.8 Å². The standard InChI is InChI=1S/C16H19N3O/c1-12(18-2)15-5-4-8-19(15)11-13-6-7-14(10-17)16(9-13)20-3/h4-9,12,18H,11H2,1-3H3. The zero-order valence-corrected chi connectivity index (χ0v) is 12.1. The Bertz CT molecular complexity index is 625. The molecular weight excluding hydrogens is 250 g/mol. The van der Waals surface area contributed by atoms with Gasteiger partial charge in [-0.1, -0.05) is 6.07 Å². The second kappa shape index (κ2) is 6.27. The molecule has 0 aliphatic carbocycles. The van der Waals surface area contributed by atoms with Gasteiger partial charge in [0.15, 0.2) is 0 Å². The Morgan fingerprint density at radius 3 is 2.85 bits per heavy atom. The highest BCUT2D eigenvalue weighted by Gasteiger charge is 2.09. The van der Waals surface area contributed by atoms with Gasteiger partial charge in [0.05, 0.1) is 12.7 Å². The summed E-state index contributed by atoms with van der Waals surface area (Å²) >= 11 is 0. The molecule has 1 unspecified atom stereocenters. The smallest absolute Gasteiger partial charge is 0.136 e. The molecule has 1 N–H and O–H groups in total. The van der Waals surface area contributed by atoms with E-state index in [-0.39, 0.29) is 0 Å². The third kappa shape index (κ3) is 2.84. The van der Waals surface area contributed by atoms with Gasteiger partial charge in [-0.2, -0.15) is 5.26 Å². The monoisotopic (exact) mass is 269 g/mol. The minimum Gasteiger partial charge on any atom is -0.495 e. The third-order valence-corrected chi connectivity index (χ3v) is 3.48. The fourth-order valence-corrected chi connectivity index (χ4v) is 2.24. The summed E-state index contributed by atoms with van der Waals surface area (Å²) in [5.74, 6) is 0.625. The van der Waals surface area contributed by atoms with E-state index in [0.717, 1.165) is 12.1 Å². The van der Waals surface area contributed by atoms with Crippen LogP contribution in [0.2, 0.25) is 0 Å². The minimum atomic E-state index is 0.297. The van der Waals surface area contributed by atoms with E-state index >= 15 is 0 Å². The van der Waals surface area contributed by atoms with Gasteiger partial charge in [0.2, 0.25) is 0 Å². The first-order valence-electron chi connectivity index (χ1n) is 6.59. The van der Waals surface area contributed by atoms with Gasteiger partial charge in [-0.25, -0.2) is 0 Å². The van der Waals surface area contributed by atoms with Crippen molar-refractivity contribution in [3.05, 3.63) is 53.3 Å². The molecule has 4 heteroatoms. The molecule has 104 valence electrons. The molecule has 0 bridgehead atoms. The number of ether oxygens (including phenoxy) is 1. The first-order valence-corrected chi connectivity index (χ1v) is 6.59. The molecule has 1 aromatic carbocycles. The van der Waals surface area contributed by atoms with Crippen LogP contribution < -0.4 is 10.1 Å². The molecule has 2 rings (SSSR count). The molecule has 0 aliphatic heterocycles. The van der Waals surface area contributed by atoms with E-state index in [1.165, 1.54) is 5.69 Å². The van der Waals surface area contributed by atoms with Gasteiger partial charge in [0.1, 0.15) is 11.8 Å². The molecule has 0 fully saturated rings. The maximum atomic E-state index is 9.00. The van der Waals surface area contributed by atoms with Crippen LogP contribution in [0.4, 0.5) is 0 Å². The quantitative estimate of drug-likeness (QED) is 0.908. The van der Waals surface area contributed by atoms with Crippen LogP contribution in [-0.4, -0.2) is 18.7 Å². The first kappa shape index (κ1) is 14.2. The highest BCUT2D eigenvalue weighted by atomic mass is 16.5. The van der Waals surface area contributed by atoms with E-state index in [9.17, 15) is 0 Å². The van der Waals surface area contributed by atoms with Gasteiger partial charge in [-0.15, -0.1) is 0 Å². The number of rotatable bonds is 5. The lowest BCUT2D eigenvalue weighted by molar-refractivity contribution is 0.412. The summed E-state index contributed by atoms with van der Waals surface area (Å²) in [6.45, 7) is 2.89. The van der Waals surface area contributed by atoms with Gasteiger partial charge in [-0.3, -0.25) is 0 Å². The molecule has 20 heavy (non-hydrogen) atoms. The second-order valence-electron chi connectivity index (χ2n) is 4.72. The molecule has 2 aromatic rings. The molecule has 0 saturated carbocycles. The van der Waals surface area contributed by atoms with Crippen LogP contribution >= 0.6 is 0 Å². The number of benzene rings is 1. The molecule has 0 aliphatic rings. The topological polar surface area (TPSA) is 50.0 Å². The number of nitrogens with one attached hydrogen (secondary N) is 1. The van der Waals surface area contributed by atoms with Gasteiger partial charge >= 0.3 is 0 Å². The Hall–Kier alpha value is -2.25. The van der Waals surface area contributed by atoms with E-state index in [1.807, 2.05) is 25.2 Å². The molecule has 0 spiro atoms. The van der Waals surface area contributed by atoms with Gasteiger partial charge < -0.3 is 14.6 Å². The Balaban J connectivity index is 2.27. The summed E-state index contributed by atoms with van der Waals surface area (Å²) in [5, 5.41) is 12.2. The normalized spacial score (nSPS) is 11.9. The van der Waals surface area contributed by atoms with Gasteiger partial charge in [-0.05, 0) is 43.8 Å². The van der Waals surface area contributed by atoms with Crippen molar-refractivity contribution in [3.63, 3.8) is 0 Å². The van der Waals surface area contributed by atoms with E-state index < -0.39 is 0 Å². The number of methoxy groups -OCH3 is 1. The summed E-state index contributed by atoms with van der Waals surface area (Å²) in [6.07, 6.45) is 2.06. The van der Waals surface area contributed by atoms with E-state index in [2.05, 4.69) is 35.1 Å². The van der Waals surface area contributed by atoms with E-state index in [0.29, 0.717) is 17.4 Å². The Labute approximate surface area is 119 Å². The molecule has 1 atom stereocenters. The van der Waals surface area contributed by atoms with Crippen LogP contribution in [0.15, 0.2) is 36.5 Å². The summed E-state index contributed by atoms with van der Waals surface area (Å²) in [5.41, 5.74) is 2.91. The van der Waals surface area contributed by atoms with Crippen molar-refractivity contribution in [2.45, 2.75) is 19.5 Å². The molecule has 1 heterocycles. The van der Waals surface area contributed by atoms with Gasteiger partial charge in [0.25, 0.3) is 0 Å². The summed E-state index contributed by atoms with van der Waals surface area (Å²) in [6, 6.07) is 12.3. The van der Waals surface area contributed by atoms with Crippen LogP contribution in [0.5, 0.6) is 5.75 Å². The van der Waals surface area contributed by atoms with Gasteiger partial charge in [0, 0.05) is 24.5 Å². The number of hydrogen-bond donors (Lipinski definition) is 1. The maximum absolute atomic E-state index is 9.00. The zero-order valence-electron chi connectivity index (χ0n) is 12.1. The highest BCUT2D eigenvalue weighted by Crippen LogP contribution is 2.21. The van der Waals surface area contributed by atoms with Crippen LogP contribution in [0.3, 0.4) is 0 Å². The Morgan fingerprint density at radius 1 is 1.40 bits per heavy atom. The van der Waals surface area contributed by atoms with Crippen LogP contribution in [0, 0.1) is 11.3 Å². The van der Waals surface area contributed by atoms with Crippen molar-refractivity contribution in [3.8, 4) is 11.8 Å². The summed E-state index contributed by atoms with van der Waals surface area (Å²) in [7, 11) is 3.54. The SMILES string of the molecule is CNC(C)c1cccn1Cc1ccc(C#N)c(OC)c1. The summed E-state index contributed by atoms with van der Waals surface area (Å²) < 4.78 is 7.45. The third-order valence-electron chi connectivity index (χ3n) is 3.48. The van der Waals surface area contributed by atoms with Crippen LogP contribution in [-0.2, 0) is 6.54 Å². The maximum Gasteiger partial charge on any atom is 0.136 e. The van der Waals surface area contributed by atoms with Crippen molar-refractivity contribution < 1.29 is 4.74 Å². The average Bonchev–Trinajstić information content (AvgIpc) is 2.94. The predicted molar refractivity (Wildman–Crippen MR) is 78.7 cm³/mol. The molecule has 0 radical (unpaired) electrons. The molecule has 4 nitrogen and oxygen atoms in total. The molecule has 1 aromatic heterocycles. The Kier molecular flexibility index (Phi) is 4.44. The summed E-state index contributed by atoms with van der Waals surface area (Å²) in [4.78, 5) is 0. The number of nitrogens with zero attached hydrogens (tertiary/aromatic N) is 2. The van der Waals surface area contributed by atoms with E-state index in [1.54, 1.807) is 13.2 Å². The Morgan fingerprint density at radius 2 is 2.20 bits per heavy atom. The lowest BCUT2D eigenvalue weighted by Crippen LogP contribution is -2.16. The highest BCUT2D eigenvalue weighted by molar-refractivity contribution is 5.45. The lowest BCUT2D eigenvalue weighted by Gasteiger charge is -2.15. The average molecular weight is 269 g/mol. The van der Waals surface area contributed by atoms with Crippen molar-refractivity contribution in [1.82, 2.24) is 9.88 Å². The minimum absolute atomic E-state index is 0.297.